The van der Waals surface area contributed by atoms with Crippen LogP contribution in [0.2, 0.25) is 0 Å². The molecule has 1 aromatic carbocycles. The van der Waals surface area contributed by atoms with Gasteiger partial charge in [0, 0.05) is 13.1 Å². The molecule has 2 saturated heterocycles. The second-order valence-corrected chi connectivity index (χ2v) is 7.16. The first kappa shape index (κ1) is 18.9. The summed E-state index contributed by atoms with van der Waals surface area (Å²) in [7, 11) is 0. The van der Waals surface area contributed by atoms with Crippen molar-refractivity contribution in [3.63, 3.8) is 0 Å². The molecule has 2 fully saturated rings. The molecule has 2 aromatic rings. The Labute approximate surface area is 160 Å². The number of piperidine rings is 1. The van der Waals surface area contributed by atoms with Crippen LogP contribution in [-0.4, -0.2) is 52.0 Å². The van der Waals surface area contributed by atoms with E-state index in [1.807, 2.05) is 21.8 Å². The first-order valence-electron chi connectivity index (χ1n) is 9.25. The molecule has 0 spiro atoms. The van der Waals surface area contributed by atoms with Gasteiger partial charge in [0.05, 0.1) is 12.2 Å². The largest absolute Gasteiger partial charge is 0.337 e. The molecule has 0 radical (unpaired) electrons. The van der Waals surface area contributed by atoms with Gasteiger partial charge in [-0.2, -0.15) is 0 Å². The Morgan fingerprint density at radius 2 is 1.92 bits per heavy atom. The third-order valence-corrected chi connectivity index (χ3v) is 5.35. The molecule has 0 saturated carbocycles. The maximum atomic E-state index is 12.7. The highest BCUT2D eigenvalue weighted by atomic mass is 35.5. The van der Waals surface area contributed by atoms with Crippen LogP contribution in [0.5, 0.6) is 0 Å². The van der Waals surface area contributed by atoms with Gasteiger partial charge in [-0.25, -0.2) is 4.68 Å². The number of halogens is 1. The topological polar surface area (TPSA) is 63.1 Å². The van der Waals surface area contributed by atoms with Crippen LogP contribution in [0.15, 0.2) is 36.5 Å². The zero-order valence-electron chi connectivity index (χ0n) is 14.9. The zero-order valence-corrected chi connectivity index (χ0v) is 15.7. The molecule has 1 amide bonds. The van der Waals surface area contributed by atoms with Crippen LogP contribution in [0, 0.1) is 5.92 Å². The quantitative estimate of drug-likeness (QED) is 0.890. The van der Waals surface area contributed by atoms with E-state index in [0.29, 0.717) is 17.7 Å². The monoisotopic (exact) mass is 375 g/mol. The van der Waals surface area contributed by atoms with Crippen LogP contribution in [-0.2, 0) is 6.42 Å². The summed E-state index contributed by atoms with van der Waals surface area (Å²) in [4.78, 5) is 14.7. The van der Waals surface area contributed by atoms with Crippen molar-refractivity contribution in [3.8, 4) is 0 Å². The van der Waals surface area contributed by atoms with Crippen molar-refractivity contribution in [2.24, 2.45) is 5.92 Å². The van der Waals surface area contributed by atoms with Crippen molar-refractivity contribution in [1.29, 1.82) is 0 Å². The number of rotatable bonds is 4. The Morgan fingerprint density at radius 3 is 2.69 bits per heavy atom. The van der Waals surface area contributed by atoms with Gasteiger partial charge in [0.1, 0.15) is 0 Å². The van der Waals surface area contributed by atoms with Crippen molar-refractivity contribution in [2.75, 3.05) is 26.2 Å². The molecule has 6 nitrogen and oxygen atoms in total. The minimum Gasteiger partial charge on any atom is -0.337 e. The van der Waals surface area contributed by atoms with Crippen molar-refractivity contribution < 1.29 is 4.79 Å². The maximum Gasteiger partial charge on any atom is 0.276 e. The van der Waals surface area contributed by atoms with Crippen molar-refractivity contribution in [3.05, 3.63) is 47.8 Å². The van der Waals surface area contributed by atoms with Crippen LogP contribution < -0.4 is 5.32 Å². The van der Waals surface area contributed by atoms with Gasteiger partial charge >= 0.3 is 0 Å². The first-order valence-corrected chi connectivity index (χ1v) is 9.25. The number of likely N-dealkylation sites (tertiary alicyclic amines) is 1. The number of nitrogens with one attached hydrogen (secondary N) is 1. The third kappa shape index (κ3) is 4.24. The summed E-state index contributed by atoms with van der Waals surface area (Å²) in [5.41, 5.74) is 1.83. The number of nitrogens with zero attached hydrogens (tertiary/aromatic N) is 4. The highest BCUT2D eigenvalue weighted by Gasteiger charge is 2.29. The SMILES string of the molecule is Cl.O=C(c1cn(C2CCNCC2)nn1)N1CCC(Cc2ccccc2)C1. The summed E-state index contributed by atoms with van der Waals surface area (Å²) in [5.74, 6) is 0.557. The van der Waals surface area contributed by atoms with Crippen LogP contribution in [0.25, 0.3) is 0 Å². The predicted molar refractivity (Wildman–Crippen MR) is 103 cm³/mol. The third-order valence-electron chi connectivity index (χ3n) is 5.35. The van der Waals surface area contributed by atoms with E-state index < -0.39 is 0 Å². The molecule has 1 atom stereocenters. The first-order chi connectivity index (χ1) is 12.3. The molecule has 2 aliphatic rings. The Hall–Kier alpha value is -1.92. The molecule has 26 heavy (non-hydrogen) atoms. The number of benzene rings is 1. The van der Waals surface area contributed by atoms with Gasteiger partial charge < -0.3 is 10.2 Å². The fourth-order valence-corrected chi connectivity index (χ4v) is 3.92. The van der Waals surface area contributed by atoms with Gasteiger partial charge in [0.25, 0.3) is 5.91 Å². The van der Waals surface area contributed by atoms with Crippen molar-refractivity contribution in [2.45, 2.75) is 31.7 Å². The van der Waals surface area contributed by atoms with E-state index in [4.69, 9.17) is 0 Å². The summed E-state index contributed by atoms with van der Waals surface area (Å²) in [6, 6.07) is 10.9. The Morgan fingerprint density at radius 1 is 1.15 bits per heavy atom. The molecule has 2 aliphatic heterocycles. The number of carbonyl (C=O) groups excluding carboxylic acids is 1. The Balaban J connectivity index is 0.00000196. The van der Waals surface area contributed by atoms with Gasteiger partial charge in [0.2, 0.25) is 0 Å². The molecule has 0 aliphatic carbocycles. The number of hydrogen-bond acceptors (Lipinski definition) is 4. The second kappa shape index (κ2) is 8.64. The summed E-state index contributed by atoms with van der Waals surface area (Å²) < 4.78 is 1.88. The normalized spacial score (nSPS) is 20.8. The van der Waals surface area contributed by atoms with Gasteiger partial charge in [-0.1, -0.05) is 35.5 Å². The van der Waals surface area contributed by atoms with Gasteiger partial charge in [-0.05, 0) is 50.3 Å². The minimum absolute atomic E-state index is 0. The number of carbonyl (C=O) groups is 1. The number of amides is 1. The van der Waals surface area contributed by atoms with E-state index >= 15 is 0 Å². The van der Waals surface area contributed by atoms with E-state index in [-0.39, 0.29) is 18.3 Å². The fourth-order valence-electron chi connectivity index (χ4n) is 3.92. The van der Waals surface area contributed by atoms with E-state index in [1.165, 1.54) is 5.56 Å². The minimum atomic E-state index is 0. The lowest BCUT2D eigenvalue weighted by atomic mass is 9.99. The summed E-state index contributed by atoms with van der Waals surface area (Å²) in [6.45, 7) is 3.63. The summed E-state index contributed by atoms with van der Waals surface area (Å²) in [6.07, 6.45) is 6.01. The second-order valence-electron chi connectivity index (χ2n) is 7.16. The molecular weight excluding hydrogens is 350 g/mol. The summed E-state index contributed by atoms with van der Waals surface area (Å²) >= 11 is 0. The maximum absolute atomic E-state index is 12.7. The molecule has 1 unspecified atom stereocenters. The number of hydrogen-bond donors (Lipinski definition) is 1. The summed E-state index contributed by atoms with van der Waals surface area (Å²) in [5, 5.41) is 11.7. The van der Waals surface area contributed by atoms with E-state index in [2.05, 4.69) is 39.9 Å². The lowest BCUT2D eigenvalue weighted by Crippen LogP contribution is -2.30. The lowest BCUT2D eigenvalue weighted by molar-refractivity contribution is 0.0781. The highest BCUT2D eigenvalue weighted by Crippen LogP contribution is 2.23. The van der Waals surface area contributed by atoms with E-state index in [1.54, 1.807) is 0 Å². The molecule has 7 heteroatoms. The van der Waals surface area contributed by atoms with Crippen molar-refractivity contribution in [1.82, 2.24) is 25.2 Å². The highest BCUT2D eigenvalue weighted by molar-refractivity contribution is 5.92. The van der Waals surface area contributed by atoms with E-state index in [9.17, 15) is 4.79 Å². The molecule has 0 bridgehead atoms. The lowest BCUT2D eigenvalue weighted by Gasteiger charge is -2.22. The Bertz CT molecular complexity index is 714. The van der Waals surface area contributed by atoms with E-state index in [0.717, 1.165) is 51.9 Å². The molecule has 3 heterocycles. The molecule has 1 aromatic heterocycles. The molecule has 4 rings (SSSR count). The molecular formula is C19H26ClN5O. The van der Waals surface area contributed by atoms with Crippen LogP contribution in [0.1, 0.15) is 41.4 Å². The predicted octanol–water partition coefficient (Wildman–Crippen LogP) is 2.33. The average Bonchev–Trinajstić information content (AvgIpc) is 3.33. The van der Waals surface area contributed by atoms with Crippen molar-refractivity contribution >= 4 is 18.3 Å². The van der Waals surface area contributed by atoms with Crippen LogP contribution >= 0.6 is 12.4 Å². The van der Waals surface area contributed by atoms with Gasteiger partial charge in [-0.3, -0.25) is 4.79 Å². The average molecular weight is 376 g/mol. The molecule has 1 N–H and O–H groups in total. The smallest absolute Gasteiger partial charge is 0.276 e. The molecule has 140 valence electrons. The number of aromatic nitrogens is 3. The Kier molecular flexibility index (Phi) is 6.27. The van der Waals surface area contributed by atoms with Gasteiger partial charge in [0.15, 0.2) is 5.69 Å². The van der Waals surface area contributed by atoms with Crippen LogP contribution in [0.3, 0.4) is 0 Å². The van der Waals surface area contributed by atoms with Gasteiger partial charge in [-0.15, -0.1) is 17.5 Å². The standard InChI is InChI=1S/C19H25N5O.ClH/c25-19(18-14-24(22-21-18)17-6-9-20-10-7-17)23-11-8-16(13-23)12-15-4-2-1-3-5-15;/h1-5,14,16-17,20H,6-13H2;1H. The fraction of sp³-hybridized carbons (Fsp3) is 0.526. The zero-order chi connectivity index (χ0) is 17.1. The van der Waals surface area contributed by atoms with Crippen LogP contribution in [0.4, 0.5) is 0 Å².